The zero-order chi connectivity index (χ0) is 13.3. The van der Waals surface area contributed by atoms with E-state index in [2.05, 4.69) is 15.5 Å². The van der Waals surface area contributed by atoms with Crippen LogP contribution in [-0.2, 0) is 4.79 Å². The smallest absolute Gasteiger partial charge is 0.308 e. The molecule has 1 amide bonds. The van der Waals surface area contributed by atoms with Crippen molar-refractivity contribution in [2.24, 2.45) is 5.92 Å². The van der Waals surface area contributed by atoms with Crippen LogP contribution in [-0.4, -0.2) is 33.2 Å². The molecule has 1 heterocycles. The average Bonchev–Trinajstić information content (AvgIpc) is 2.86. The zero-order valence-corrected chi connectivity index (χ0v) is 10.5. The molecule has 1 aliphatic rings. The maximum atomic E-state index is 12.1. The van der Waals surface area contributed by atoms with Gasteiger partial charge in [-0.05, 0) is 26.7 Å². The van der Waals surface area contributed by atoms with Crippen molar-refractivity contribution >= 4 is 11.9 Å². The molecule has 2 atom stereocenters. The molecular formula is C12H17N3O3. The predicted octanol–water partition coefficient (Wildman–Crippen LogP) is 1.01. The molecule has 0 spiro atoms. The molecule has 1 saturated carbocycles. The molecule has 3 N–H and O–H groups in total. The third-order valence-corrected chi connectivity index (χ3v) is 3.50. The van der Waals surface area contributed by atoms with Crippen LogP contribution < -0.4 is 5.32 Å². The summed E-state index contributed by atoms with van der Waals surface area (Å²) < 4.78 is 0. The topological polar surface area (TPSA) is 95.1 Å². The van der Waals surface area contributed by atoms with E-state index < -0.39 is 11.9 Å². The average molecular weight is 251 g/mol. The molecule has 98 valence electrons. The molecule has 0 saturated heterocycles. The first kappa shape index (κ1) is 12.6. The van der Waals surface area contributed by atoms with Gasteiger partial charge in [0.2, 0.25) is 0 Å². The molecule has 0 aliphatic heterocycles. The van der Waals surface area contributed by atoms with Crippen molar-refractivity contribution in [3.8, 4) is 0 Å². The summed E-state index contributed by atoms with van der Waals surface area (Å²) in [6.07, 6.45) is 2.19. The fourth-order valence-corrected chi connectivity index (χ4v) is 2.55. The van der Waals surface area contributed by atoms with Gasteiger partial charge in [0, 0.05) is 11.7 Å². The van der Waals surface area contributed by atoms with E-state index in [4.69, 9.17) is 5.11 Å². The molecule has 18 heavy (non-hydrogen) atoms. The Bertz CT molecular complexity index is 461. The molecule has 1 aromatic heterocycles. The molecule has 1 aliphatic carbocycles. The van der Waals surface area contributed by atoms with Gasteiger partial charge in [0.1, 0.15) is 0 Å². The Kier molecular flexibility index (Phi) is 3.36. The number of aryl methyl sites for hydroxylation is 2. The summed E-state index contributed by atoms with van der Waals surface area (Å²) in [5, 5.41) is 18.6. The number of carbonyl (C=O) groups is 2. The predicted molar refractivity (Wildman–Crippen MR) is 64.3 cm³/mol. The van der Waals surface area contributed by atoms with Crippen LogP contribution in [0.3, 0.4) is 0 Å². The van der Waals surface area contributed by atoms with Crippen LogP contribution in [0.4, 0.5) is 0 Å². The Morgan fingerprint density at radius 1 is 1.39 bits per heavy atom. The minimum Gasteiger partial charge on any atom is -0.481 e. The van der Waals surface area contributed by atoms with Crippen molar-refractivity contribution in [3.05, 3.63) is 17.0 Å². The Morgan fingerprint density at radius 2 is 2.11 bits per heavy atom. The summed E-state index contributed by atoms with van der Waals surface area (Å²) in [5.41, 5.74) is 1.86. The number of carbonyl (C=O) groups excluding carboxylic acids is 1. The zero-order valence-electron chi connectivity index (χ0n) is 10.5. The summed E-state index contributed by atoms with van der Waals surface area (Å²) in [4.78, 5) is 23.2. The fraction of sp³-hybridized carbons (Fsp3) is 0.583. The standard InChI is InChI=1S/C12H17N3O3/c1-6-10(7(2)15-14-6)11(16)13-9-5-3-4-8(9)12(17)18/h8-9H,3-5H2,1-2H3,(H,13,16)(H,14,15)(H,17,18). The van der Waals surface area contributed by atoms with Gasteiger partial charge < -0.3 is 10.4 Å². The summed E-state index contributed by atoms with van der Waals surface area (Å²) in [7, 11) is 0. The van der Waals surface area contributed by atoms with Crippen LogP contribution in [0.1, 0.15) is 41.0 Å². The Hall–Kier alpha value is -1.85. The third kappa shape index (κ3) is 2.23. The third-order valence-electron chi connectivity index (χ3n) is 3.50. The van der Waals surface area contributed by atoms with Crippen LogP contribution in [0.15, 0.2) is 0 Å². The van der Waals surface area contributed by atoms with Crippen molar-refractivity contribution in [3.63, 3.8) is 0 Å². The minimum atomic E-state index is -0.835. The van der Waals surface area contributed by atoms with Crippen LogP contribution in [0.5, 0.6) is 0 Å². The van der Waals surface area contributed by atoms with Gasteiger partial charge >= 0.3 is 5.97 Å². The lowest BCUT2D eigenvalue weighted by atomic mass is 10.0. The van der Waals surface area contributed by atoms with Gasteiger partial charge in [-0.25, -0.2) is 0 Å². The van der Waals surface area contributed by atoms with E-state index in [1.807, 2.05) is 0 Å². The highest BCUT2D eigenvalue weighted by atomic mass is 16.4. The second kappa shape index (κ2) is 4.80. The van der Waals surface area contributed by atoms with E-state index in [9.17, 15) is 9.59 Å². The number of carboxylic acid groups (broad SMARTS) is 1. The second-order valence-electron chi connectivity index (χ2n) is 4.76. The maximum absolute atomic E-state index is 12.1. The quantitative estimate of drug-likeness (QED) is 0.747. The molecule has 2 unspecified atom stereocenters. The summed E-state index contributed by atoms with van der Waals surface area (Å²) >= 11 is 0. The van der Waals surface area contributed by atoms with Gasteiger partial charge in [-0.3, -0.25) is 14.7 Å². The van der Waals surface area contributed by atoms with E-state index in [1.54, 1.807) is 13.8 Å². The second-order valence-corrected chi connectivity index (χ2v) is 4.76. The summed E-state index contributed by atoms with van der Waals surface area (Å²) in [6.45, 7) is 3.53. The first-order valence-corrected chi connectivity index (χ1v) is 6.06. The maximum Gasteiger partial charge on any atom is 0.308 e. The highest BCUT2D eigenvalue weighted by molar-refractivity contribution is 5.96. The Morgan fingerprint density at radius 3 is 2.67 bits per heavy atom. The van der Waals surface area contributed by atoms with Crippen molar-refractivity contribution in [2.75, 3.05) is 0 Å². The van der Waals surface area contributed by atoms with Gasteiger partial charge in [-0.1, -0.05) is 6.42 Å². The Labute approximate surface area is 105 Å². The van der Waals surface area contributed by atoms with Crippen molar-refractivity contribution in [1.82, 2.24) is 15.5 Å². The van der Waals surface area contributed by atoms with Crippen molar-refractivity contribution in [2.45, 2.75) is 39.2 Å². The number of aliphatic carboxylic acids is 1. The van der Waals surface area contributed by atoms with E-state index >= 15 is 0 Å². The summed E-state index contributed by atoms with van der Waals surface area (Å²) in [5.74, 6) is -1.54. The highest BCUT2D eigenvalue weighted by Crippen LogP contribution is 2.26. The van der Waals surface area contributed by atoms with Gasteiger partial charge in [-0.15, -0.1) is 0 Å². The number of amides is 1. The molecule has 2 rings (SSSR count). The summed E-state index contributed by atoms with van der Waals surface area (Å²) in [6, 6.07) is -0.274. The highest BCUT2D eigenvalue weighted by Gasteiger charge is 2.34. The fourth-order valence-electron chi connectivity index (χ4n) is 2.55. The molecule has 0 aromatic carbocycles. The van der Waals surface area contributed by atoms with Crippen LogP contribution in [0, 0.1) is 19.8 Å². The molecule has 6 nitrogen and oxygen atoms in total. The van der Waals surface area contributed by atoms with E-state index in [1.165, 1.54) is 0 Å². The van der Waals surface area contributed by atoms with E-state index in [-0.39, 0.29) is 11.9 Å². The van der Waals surface area contributed by atoms with Gasteiger partial charge in [0.05, 0.1) is 17.2 Å². The van der Waals surface area contributed by atoms with E-state index in [0.29, 0.717) is 23.4 Å². The lowest BCUT2D eigenvalue weighted by Gasteiger charge is -2.17. The Balaban J connectivity index is 2.10. The first-order valence-electron chi connectivity index (χ1n) is 6.06. The van der Waals surface area contributed by atoms with Crippen molar-refractivity contribution in [1.29, 1.82) is 0 Å². The number of hydrogen-bond acceptors (Lipinski definition) is 3. The van der Waals surface area contributed by atoms with Gasteiger partial charge in [0.15, 0.2) is 0 Å². The normalized spacial score (nSPS) is 23.0. The number of hydrogen-bond donors (Lipinski definition) is 3. The number of aromatic nitrogens is 2. The number of carboxylic acids is 1. The van der Waals surface area contributed by atoms with Gasteiger partial charge in [0.25, 0.3) is 5.91 Å². The van der Waals surface area contributed by atoms with Crippen LogP contribution in [0.2, 0.25) is 0 Å². The van der Waals surface area contributed by atoms with Crippen LogP contribution in [0.25, 0.3) is 0 Å². The lowest BCUT2D eigenvalue weighted by molar-refractivity contribution is -0.142. The molecule has 0 bridgehead atoms. The molecule has 0 radical (unpaired) electrons. The number of aromatic amines is 1. The largest absolute Gasteiger partial charge is 0.481 e. The first-order chi connectivity index (χ1) is 8.50. The van der Waals surface area contributed by atoms with Gasteiger partial charge in [-0.2, -0.15) is 5.10 Å². The van der Waals surface area contributed by atoms with Crippen LogP contribution >= 0.6 is 0 Å². The number of H-pyrrole nitrogens is 1. The minimum absolute atomic E-state index is 0.239. The molecule has 1 aromatic rings. The SMILES string of the molecule is Cc1n[nH]c(C)c1C(=O)NC1CCCC1C(=O)O. The number of nitrogens with one attached hydrogen (secondary N) is 2. The van der Waals surface area contributed by atoms with Crippen molar-refractivity contribution < 1.29 is 14.7 Å². The monoisotopic (exact) mass is 251 g/mol. The molecule has 1 fully saturated rings. The number of rotatable bonds is 3. The lowest BCUT2D eigenvalue weighted by Crippen LogP contribution is -2.40. The molecule has 6 heteroatoms. The molecular weight excluding hydrogens is 234 g/mol. The van der Waals surface area contributed by atoms with E-state index in [0.717, 1.165) is 12.8 Å². The number of nitrogens with zero attached hydrogens (tertiary/aromatic N) is 1.